The van der Waals surface area contributed by atoms with Gasteiger partial charge < -0.3 is 23.9 Å². The molecule has 2 aromatic heterocycles. The van der Waals surface area contributed by atoms with Gasteiger partial charge in [-0.3, -0.25) is 9.69 Å². The molecule has 3 aliphatic heterocycles. The normalized spacial score (nSPS) is 21.7. The van der Waals surface area contributed by atoms with E-state index in [4.69, 9.17) is 9.15 Å². The predicted molar refractivity (Wildman–Crippen MR) is 134 cm³/mol. The first-order valence-corrected chi connectivity index (χ1v) is 12.7. The lowest BCUT2D eigenvalue weighted by Crippen LogP contribution is -2.49. The van der Waals surface area contributed by atoms with Crippen LogP contribution in [-0.2, 0) is 4.74 Å². The van der Waals surface area contributed by atoms with Gasteiger partial charge in [0, 0.05) is 70.9 Å². The van der Waals surface area contributed by atoms with Gasteiger partial charge in [0.05, 0.1) is 6.10 Å². The van der Waals surface area contributed by atoms with Crippen LogP contribution in [-0.4, -0.2) is 97.5 Å². The topological polar surface area (TPSA) is 78.2 Å². The smallest absolute Gasteiger partial charge is 0.289 e. The number of anilines is 2. The van der Waals surface area contributed by atoms with Crippen molar-refractivity contribution in [1.82, 2.24) is 20.0 Å². The molecule has 3 aliphatic rings. The highest BCUT2D eigenvalue weighted by atomic mass is 16.5. The zero-order chi connectivity index (χ0) is 23.6. The number of carbonyl (C=O) groups excluding carboxylic acids is 1. The molecule has 9 nitrogen and oxygen atoms in total. The molecular formula is C26H32N6O3. The summed E-state index contributed by atoms with van der Waals surface area (Å²) in [5.74, 6) is 2.14. The number of piperazine rings is 2. The highest BCUT2D eigenvalue weighted by molar-refractivity contribution is 5.96. The first kappa shape index (κ1) is 22.3. The fourth-order valence-corrected chi connectivity index (χ4v) is 5.27. The second-order valence-corrected chi connectivity index (χ2v) is 9.60. The van der Waals surface area contributed by atoms with Crippen LogP contribution in [0.1, 0.15) is 23.4 Å². The zero-order valence-corrected chi connectivity index (χ0v) is 20.0. The van der Waals surface area contributed by atoms with Crippen molar-refractivity contribution < 1.29 is 13.9 Å². The average Bonchev–Trinajstić information content (AvgIpc) is 3.59. The van der Waals surface area contributed by atoms with Gasteiger partial charge in [-0.25, -0.2) is 0 Å². The molecule has 9 heteroatoms. The fourth-order valence-electron chi connectivity index (χ4n) is 5.27. The Morgan fingerprint density at radius 2 is 1.57 bits per heavy atom. The first-order valence-electron chi connectivity index (χ1n) is 12.7. The number of hydrogen-bond acceptors (Lipinski definition) is 8. The van der Waals surface area contributed by atoms with Gasteiger partial charge in [-0.05, 0) is 37.1 Å². The highest BCUT2D eigenvalue weighted by Gasteiger charge is 2.26. The van der Waals surface area contributed by atoms with Crippen molar-refractivity contribution in [2.45, 2.75) is 18.9 Å². The lowest BCUT2D eigenvalue weighted by Gasteiger charge is -2.36. The van der Waals surface area contributed by atoms with Crippen LogP contribution in [0.4, 0.5) is 11.6 Å². The maximum Gasteiger partial charge on any atom is 0.289 e. The Bertz CT molecular complexity index is 1110. The molecule has 1 amide bonds. The van der Waals surface area contributed by atoms with Crippen molar-refractivity contribution >= 4 is 28.5 Å². The second-order valence-electron chi connectivity index (χ2n) is 9.60. The zero-order valence-electron chi connectivity index (χ0n) is 20.0. The Kier molecular flexibility index (Phi) is 6.26. The lowest BCUT2D eigenvalue weighted by molar-refractivity contribution is 0.0711. The van der Waals surface area contributed by atoms with E-state index in [9.17, 15) is 4.79 Å². The van der Waals surface area contributed by atoms with Crippen LogP contribution in [0.2, 0.25) is 0 Å². The number of para-hydroxylation sites is 1. The van der Waals surface area contributed by atoms with Crippen molar-refractivity contribution in [2.75, 3.05) is 75.3 Å². The van der Waals surface area contributed by atoms with Gasteiger partial charge in [0.15, 0.2) is 17.4 Å². The van der Waals surface area contributed by atoms with Crippen LogP contribution >= 0.6 is 0 Å². The number of benzene rings is 1. The van der Waals surface area contributed by atoms with Gasteiger partial charge in [0.2, 0.25) is 0 Å². The number of hydrogen-bond donors (Lipinski definition) is 0. The van der Waals surface area contributed by atoms with E-state index in [2.05, 4.69) is 37.0 Å². The molecule has 5 heterocycles. The molecule has 0 aliphatic carbocycles. The summed E-state index contributed by atoms with van der Waals surface area (Å²) in [5, 5.41) is 10.00. The molecule has 3 fully saturated rings. The van der Waals surface area contributed by atoms with E-state index in [1.54, 1.807) is 0 Å². The Morgan fingerprint density at radius 3 is 2.20 bits per heavy atom. The number of aromatic nitrogens is 2. The SMILES string of the molecule is O=C(c1cc2ccccc2o1)N1CCN(c2ccc(N3CCN(CC4CCCO4)CC3)nn2)CC1. The van der Waals surface area contributed by atoms with E-state index in [0.717, 1.165) is 75.0 Å². The highest BCUT2D eigenvalue weighted by Crippen LogP contribution is 2.22. The van der Waals surface area contributed by atoms with Gasteiger partial charge in [-0.15, -0.1) is 10.2 Å². The number of amides is 1. The average molecular weight is 477 g/mol. The maximum absolute atomic E-state index is 12.9. The van der Waals surface area contributed by atoms with Crippen LogP contribution in [0.5, 0.6) is 0 Å². The minimum Gasteiger partial charge on any atom is -0.451 e. The fraction of sp³-hybridized carbons (Fsp3) is 0.500. The van der Waals surface area contributed by atoms with Crippen molar-refractivity contribution in [3.63, 3.8) is 0 Å². The summed E-state index contributed by atoms with van der Waals surface area (Å²) in [4.78, 5) is 21.8. The van der Waals surface area contributed by atoms with Gasteiger partial charge >= 0.3 is 0 Å². The van der Waals surface area contributed by atoms with Crippen LogP contribution in [0, 0.1) is 0 Å². The van der Waals surface area contributed by atoms with Crippen molar-refractivity contribution in [2.24, 2.45) is 0 Å². The van der Waals surface area contributed by atoms with Crippen LogP contribution < -0.4 is 9.80 Å². The Balaban J connectivity index is 1.00. The van der Waals surface area contributed by atoms with E-state index in [0.29, 0.717) is 25.0 Å². The third-order valence-electron chi connectivity index (χ3n) is 7.35. The quantitative estimate of drug-likeness (QED) is 0.556. The molecule has 35 heavy (non-hydrogen) atoms. The number of carbonyl (C=O) groups is 1. The first-order chi connectivity index (χ1) is 17.2. The third-order valence-corrected chi connectivity index (χ3v) is 7.35. The molecule has 0 N–H and O–H groups in total. The molecule has 1 unspecified atom stereocenters. The summed E-state index contributed by atoms with van der Waals surface area (Å²) >= 11 is 0. The van der Waals surface area contributed by atoms with Gasteiger partial charge in [-0.2, -0.15) is 0 Å². The largest absolute Gasteiger partial charge is 0.451 e. The van der Waals surface area contributed by atoms with E-state index < -0.39 is 0 Å². The number of nitrogens with zero attached hydrogens (tertiary/aromatic N) is 6. The van der Waals surface area contributed by atoms with Gasteiger partial charge in [0.25, 0.3) is 5.91 Å². The molecular weight excluding hydrogens is 444 g/mol. The summed E-state index contributed by atoms with van der Waals surface area (Å²) in [5.41, 5.74) is 0.745. The molecule has 0 radical (unpaired) electrons. The van der Waals surface area contributed by atoms with Crippen molar-refractivity contribution in [3.8, 4) is 0 Å². The molecule has 3 saturated heterocycles. The van der Waals surface area contributed by atoms with Crippen LogP contribution in [0.15, 0.2) is 46.9 Å². The molecule has 1 aromatic carbocycles. The minimum absolute atomic E-state index is 0.0547. The predicted octanol–water partition coefficient (Wildman–Crippen LogP) is 2.49. The number of ether oxygens (including phenoxy) is 1. The second kappa shape index (κ2) is 9.83. The van der Waals surface area contributed by atoms with E-state index >= 15 is 0 Å². The lowest BCUT2D eigenvalue weighted by atomic mass is 10.2. The molecule has 184 valence electrons. The van der Waals surface area contributed by atoms with Crippen LogP contribution in [0.3, 0.4) is 0 Å². The van der Waals surface area contributed by atoms with Crippen molar-refractivity contribution in [1.29, 1.82) is 0 Å². The molecule has 0 bridgehead atoms. The Hall–Kier alpha value is -3.17. The molecule has 3 aromatic rings. The minimum atomic E-state index is -0.0547. The standard InChI is InChI=1S/C26H32N6O3/c33-26(23-18-20-4-1-2-6-22(20)35-23)32-15-13-31(14-16-32)25-8-7-24(27-28-25)30-11-9-29(10-12-30)19-21-5-3-17-34-21/h1-2,4,6-8,18,21H,3,5,9-17,19H2. The Labute approximate surface area is 205 Å². The van der Waals surface area contributed by atoms with Gasteiger partial charge in [0.1, 0.15) is 5.58 Å². The van der Waals surface area contributed by atoms with Gasteiger partial charge in [-0.1, -0.05) is 18.2 Å². The number of rotatable bonds is 5. The maximum atomic E-state index is 12.9. The number of fused-ring (bicyclic) bond motifs is 1. The van der Waals surface area contributed by atoms with E-state index in [-0.39, 0.29) is 5.91 Å². The molecule has 6 rings (SSSR count). The summed E-state index contributed by atoms with van der Waals surface area (Å²) in [6.45, 7) is 8.66. The molecule has 0 saturated carbocycles. The summed E-state index contributed by atoms with van der Waals surface area (Å²) in [6.07, 6.45) is 2.80. The van der Waals surface area contributed by atoms with E-state index in [1.165, 1.54) is 12.8 Å². The summed E-state index contributed by atoms with van der Waals surface area (Å²) in [7, 11) is 0. The Morgan fingerprint density at radius 1 is 0.886 bits per heavy atom. The van der Waals surface area contributed by atoms with Crippen molar-refractivity contribution in [3.05, 3.63) is 48.2 Å². The third kappa shape index (κ3) is 4.83. The monoisotopic (exact) mass is 476 g/mol. The summed E-state index contributed by atoms with van der Waals surface area (Å²) < 4.78 is 11.5. The molecule has 0 spiro atoms. The van der Waals surface area contributed by atoms with E-state index in [1.807, 2.05) is 35.2 Å². The summed E-state index contributed by atoms with van der Waals surface area (Å²) in [6, 6.07) is 13.7. The molecule has 1 atom stereocenters. The number of furan rings is 1. The van der Waals surface area contributed by atoms with Crippen LogP contribution in [0.25, 0.3) is 11.0 Å².